The van der Waals surface area contributed by atoms with E-state index in [4.69, 9.17) is 0 Å². The van der Waals surface area contributed by atoms with Gasteiger partial charge in [-0.15, -0.1) is 12.4 Å². The van der Waals surface area contributed by atoms with Crippen molar-refractivity contribution in [1.82, 2.24) is 10.3 Å². The van der Waals surface area contributed by atoms with Gasteiger partial charge in [-0.1, -0.05) is 0 Å². The fraction of sp³-hybridized carbons (Fsp3) is 0.375. The van der Waals surface area contributed by atoms with Crippen molar-refractivity contribution >= 4 is 12.4 Å². The zero-order valence-electron chi connectivity index (χ0n) is 6.16. The highest BCUT2D eigenvalue weighted by molar-refractivity contribution is 5.85. The van der Waals surface area contributed by atoms with Crippen LogP contribution in [0.5, 0.6) is 0 Å². The van der Waals surface area contributed by atoms with E-state index in [-0.39, 0.29) is 12.4 Å². The van der Waals surface area contributed by atoms with Crippen LogP contribution in [0.2, 0.25) is 0 Å². The van der Waals surface area contributed by atoms with E-state index in [1.807, 2.05) is 12.4 Å². The summed E-state index contributed by atoms with van der Waals surface area (Å²) >= 11 is 0. The van der Waals surface area contributed by atoms with Crippen LogP contribution in [-0.4, -0.2) is 18.1 Å². The number of nitrogens with one attached hydrogen (secondary N) is 1. The van der Waals surface area contributed by atoms with Gasteiger partial charge in [-0.05, 0) is 17.7 Å². The summed E-state index contributed by atoms with van der Waals surface area (Å²) in [4.78, 5) is 3.97. The van der Waals surface area contributed by atoms with Gasteiger partial charge >= 0.3 is 0 Å². The summed E-state index contributed by atoms with van der Waals surface area (Å²) in [6.45, 7) is 2.26. The molecule has 1 aliphatic heterocycles. The minimum Gasteiger partial charge on any atom is -0.315 e. The van der Waals surface area contributed by atoms with E-state index in [1.54, 1.807) is 0 Å². The van der Waals surface area contributed by atoms with Crippen molar-refractivity contribution < 1.29 is 0 Å². The second-order valence-electron chi connectivity index (χ2n) is 2.64. The first-order valence-corrected chi connectivity index (χ1v) is 3.57. The maximum absolute atomic E-state index is 3.97. The number of aromatic nitrogens is 1. The number of halogens is 1. The van der Waals surface area contributed by atoms with Crippen LogP contribution in [0, 0.1) is 0 Å². The highest BCUT2D eigenvalue weighted by Gasteiger charge is 2.17. The molecule has 0 amide bonds. The van der Waals surface area contributed by atoms with E-state index in [9.17, 15) is 0 Å². The minimum atomic E-state index is 0. The predicted octanol–water partition coefficient (Wildman–Crippen LogP) is 1.19. The average molecular weight is 171 g/mol. The smallest absolute Gasteiger partial charge is 0.0270 e. The molecule has 0 unspecified atom stereocenters. The molecule has 1 saturated heterocycles. The van der Waals surface area contributed by atoms with Gasteiger partial charge in [-0.3, -0.25) is 4.98 Å². The van der Waals surface area contributed by atoms with Crippen LogP contribution in [0.15, 0.2) is 24.5 Å². The van der Waals surface area contributed by atoms with Crippen LogP contribution in [0.1, 0.15) is 11.5 Å². The minimum absolute atomic E-state index is 0. The van der Waals surface area contributed by atoms with Crippen molar-refractivity contribution in [3.8, 4) is 0 Å². The third-order valence-electron chi connectivity index (χ3n) is 1.96. The molecule has 2 rings (SSSR count). The Hall–Kier alpha value is -0.600. The Morgan fingerprint density at radius 1 is 1.27 bits per heavy atom. The maximum Gasteiger partial charge on any atom is 0.0270 e. The number of hydrogen-bond acceptors (Lipinski definition) is 2. The summed E-state index contributed by atoms with van der Waals surface area (Å²) in [6.07, 6.45) is 3.71. The zero-order valence-corrected chi connectivity index (χ0v) is 6.97. The van der Waals surface area contributed by atoms with Crippen molar-refractivity contribution in [2.75, 3.05) is 13.1 Å². The monoisotopic (exact) mass is 170 g/mol. The average Bonchev–Trinajstić information content (AvgIpc) is 1.86. The highest BCUT2D eigenvalue weighted by Crippen LogP contribution is 2.17. The van der Waals surface area contributed by atoms with Crippen molar-refractivity contribution in [3.05, 3.63) is 30.1 Å². The fourth-order valence-electron chi connectivity index (χ4n) is 1.16. The van der Waals surface area contributed by atoms with Gasteiger partial charge < -0.3 is 5.32 Å². The van der Waals surface area contributed by atoms with Crippen molar-refractivity contribution in [2.45, 2.75) is 5.92 Å². The number of pyridine rings is 1. The molecule has 1 aliphatic rings. The summed E-state index contributed by atoms with van der Waals surface area (Å²) in [7, 11) is 0. The summed E-state index contributed by atoms with van der Waals surface area (Å²) in [5.41, 5.74) is 1.41. The SMILES string of the molecule is Cl.c1cc(C2CNC2)ccn1. The zero-order chi connectivity index (χ0) is 6.81. The van der Waals surface area contributed by atoms with Crippen LogP contribution in [0.4, 0.5) is 0 Å². The molecule has 3 heteroatoms. The first-order chi connectivity index (χ1) is 4.97. The molecule has 0 saturated carbocycles. The van der Waals surface area contributed by atoms with Gasteiger partial charge in [0.25, 0.3) is 0 Å². The number of rotatable bonds is 1. The standard InChI is InChI=1S/C8H10N2.ClH/c1-3-9-4-2-7(1)8-5-10-6-8;/h1-4,8,10H,5-6H2;1H. The molecule has 0 radical (unpaired) electrons. The molecule has 11 heavy (non-hydrogen) atoms. The molecule has 1 aromatic heterocycles. The molecule has 1 fully saturated rings. The van der Waals surface area contributed by atoms with Gasteiger partial charge in [-0.25, -0.2) is 0 Å². The summed E-state index contributed by atoms with van der Waals surface area (Å²) < 4.78 is 0. The molecule has 0 aliphatic carbocycles. The fourth-order valence-corrected chi connectivity index (χ4v) is 1.16. The first-order valence-electron chi connectivity index (χ1n) is 3.57. The second-order valence-corrected chi connectivity index (χ2v) is 2.64. The van der Waals surface area contributed by atoms with E-state index < -0.39 is 0 Å². The van der Waals surface area contributed by atoms with Crippen molar-refractivity contribution in [2.24, 2.45) is 0 Å². The Labute approximate surface area is 72.4 Å². The van der Waals surface area contributed by atoms with Crippen LogP contribution in [-0.2, 0) is 0 Å². The molecule has 60 valence electrons. The third-order valence-corrected chi connectivity index (χ3v) is 1.96. The quantitative estimate of drug-likeness (QED) is 0.685. The first kappa shape index (κ1) is 8.50. The molecule has 1 N–H and O–H groups in total. The maximum atomic E-state index is 3.97. The molecule has 2 nitrogen and oxygen atoms in total. The Bertz CT molecular complexity index is 209. The second kappa shape index (κ2) is 3.69. The molecule has 0 bridgehead atoms. The van der Waals surface area contributed by atoms with E-state index in [1.165, 1.54) is 5.56 Å². The van der Waals surface area contributed by atoms with E-state index in [0.29, 0.717) is 0 Å². The van der Waals surface area contributed by atoms with Crippen LogP contribution in [0.3, 0.4) is 0 Å². The van der Waals surface area contributed by atoms with Gasteiger partial charge in [0.05, 0.1) is 0 Å². The normalized spacial score (nSPS) is 16.7. The van der Waals surface area contributed by atoms with Gasteiger partial charge in [-0.2, -0.15) is 0 Å². The topological polar surface area (TPSA) is 24.9 Å². The lowest BCUT2D eigenvalue weighted by atomic mass is 9.95. The predicted molar refractivity (Wildman–Crippen MR) is 47.1 cm³/mol. The highest BCUT2D eigenvalue weighted by atomic mass is 35.5. The summed E-state index contributed by atoms with van der Waals surface area (Å²) in [6, 6.07) is 4.18. The third kappa shape index (κ3) is 1.70. The Kier molecular flexibility index (Phi) is 2.85. The molecule has 0 aromatic carbocycles. The Balaban J connectivity index is 0.000000605. The van der Waals surface area contributed by atoms with Gasteiger partial charge in [0.2, 0.25) is 0 Å². The molecule has 1 aromatic rings. The van der Waals surface area contributed by atoms with Crippen LogP contribution < -0.4 is 5.32 Å². The number of hydrogen-bond donors (Lipinski definition) is 1. The lowest BCUT2D eigenvalue weighted by molar-refractivity contribution is 0.448. The molecular formula is C8H11ClN2. The summed E-state index contributed by atoms with van der Waals surface area (Å²) in [5, 5.41) is 3.24. The molecule has 0 atom stereocenters. The largest absolute Gasteiger partial charge is 0.315 e. The van der Waals surface area contributed by atoms with E-state index >= 15 is 0 Å². The van der Waals surface area contributed by atoms with Crippen molar-refractivity contribution in [1.29, 1.82) is 0 Å². The van der Waals surface area contributed by atoms with Crippen LogP contribution >= 0.6 is 12.4 Å². The van der Waals surface area contributed by atoms with Crippen LogP contribution in [0.25, 0.3) is 0 Å². The molecular weight excluding hydrogens is 160 g/mol. The Morgan fingerprint density at radius 2 is 1.91 bits per heavy atom. The molecule has 0 spiro atoms. The van der Waals surface area contributed by atoms with E-state index in [2.05, 4.69) is 22.4 Å². The Morgan fingerprint density at radius 3 is 2.36 bits per heavy atom. The van der Waals surface area contributed by atoms with Gasteiger partial charge in [0.1, 0.15) is 0 Å². The van der Waals surface area contributed by atoms with E-state index in [0.717, 1.165) is 19.0 Å². The number of nitrogens with zero attached hydrogens (tertiary/aromatic N) is 1. The van der Waals surface area contributed by atoms with Crippen molar-refractivity contribution in [3.63, 3.8) is 0 Å². The lowest BCUT2D eigenvalue weighted by Crippen LogP contribution is -2.39. The van der Waals surface area contributed by atoms with Gasteiger partial charge in [0.15, 0.2) is 0 Å². The summed E-state index contributed by atoms with van der Waals surface area (Å²) in [5.74, 6) is 0.739. The lowest BCUT2D eigenvalue weighted by Gasteiger charge is -2.27. The molecule has 2 heterocycles. The van der Waals surface area contributed by atoms with Gasteiger partial charge in [0, 0.05) is 31.4 Å².